The highest BCUT2D eigenvalue weighted by atomic mass is 79.9. The first-order valence-electron chi connectivity index (χ1n) is 4.47. The van der Waals surface area contributed by atoms with E-state index < -0.39 is 10.0 Å². The molecule has 1 aromatic carbocycles. The third-order valence-electron chi connectivity index (χ3n) is 1.88. The molecular formula is C9H13BrN2O2S. The Balaban J connectivity index is 2.99. The van der Waals surface area contributed by atoms with Crippen LogP contribution in [0.3, 0.4) is 0 Å². The molecule has 0 unspecified atom stereocenters. The van der Waals surface area contributed by atoms with Gasteiger partial charge in [0.15, 0.2) is 0 Å². The van der Waals surface area contributed by atoms with Gasteiger partial charge in [0.2, 0.25) is 10.0 Å². The van der Waals surface area contributed by atoms with Crippen molar-refractivity contribution in [3.05, 3.63) is 28.2 Å². The molecule has 0 aliphatic carbocycles. The number of nitrogens with two attached hydrogens (primary N) is 1. The van der Waals surface area contributed by atoms with E-state index in [2.05, 4.69) is 21.2 Å². The average Bonchev–Trinajstić information content (AvgIpc) is 2.12. The number of nitrogens with one attached hydrogen (secondary N) is 1. The van der Waals surface area contributed by atoms with E-state index in [1.54, 1.807) is 12.1 Å². The zero-order chi connectivity index (χ0) is 11.5. The van der Waals surface area contributed by atoms with Crippen LogP contribution in [0.15, 0.2) is 27.6 Å². The predicted octanol–water partition coefficient (Wildman–Crippen LogP) is 1.21. The lowest BCUT2D eigenvalue weighted by Gasteiger charge is -2.06. The van der Waals surface area contributed by atoms with E-state index in [9.17, 15) is 8.42 Å². The van der Waals surface area contributed by atoms with E-state index in [1.165, 1.54) is 6.07 Å². The van der Waals surface area contributed by atoms with Crippen LogP contribution in [0.5, 0.6) is 0 Å². The van der Waals surface area contributed by atoms with Gasteiger partial charge in [0, 0.05) is 11.0 Å². The third kappa shape index (κ3) is 3.57. The van der Waals surface area contributed by atoms with Gasteiger partial charge < -0.3 is 5.32 Å². The van der Waals surface area contributed by atoms with Gasteiger partial charge in [-0.1, -0.05) is 13.0 Å². The summed E-state index contributed by atoms with van der Waals surface area (Å²) in [6, 6.07) is 5.00. The SMILES string of the molecule is CCNCc1ccc(S(N)(=O)=O)c(Br)c1. The van der Waals surface area contributed by atoms with Gasteiger partial charge in [0.1, 0.15) is 0 Å². The van der Waals surface area contributed by atoms with E-state index in [4.69, 9.17) is 5.14 Å². The van der Waals surface area contributed by atoms with Crippen LogP contribution in [-0.2, 0) is 16.6 Å². The number of benzene rings is 1. The smallest absolute Gasteiger partial charge is 0.239 e. The quantitative estimate of drug-likeness (QED) is 0.876. The molecular weight excluding hydrogens is 280 g/mol. The van der Waals surface area contributed by atoms with Gasteiger partial charge >= 0.3 is 0 Å². The molecule has 1 rings (SSSR count). The lowest BCUT2D eigenvalue weighted by atomic mass is 10.2. The molecule has 4 nitrogen and oxygen atoms in total. The van der Waals surface area contributed by atoms with Crippen molar-refractivity contribution in [2.75, 3.05) is 6.54 Å². The van der Waals surface area contributed by atoms with Crippen molar-refractivity contribution in [1.82, 2.24) is 5.32 Å². The number of rotatable bonds is 4. The van der Waals surface area contributed by atoms with E-state index >= 15 is 0 Å². The summed E-state index contributed by atoms with van der Waals surface area (Å²) in [6.45, 7) is 3.59. The minimum absolute atomic E-state index is 0.114. The van der Waals surface area contributed by atoms with Gasteiger partial charge in [0.05, 0.1) is 4.90 Å². The van der Waals surface area contributed by atoms with Gasteiger partial charge in [-0.15, -0.1) is 0 Å². The van der Waals surface area contributed by atoms with Gasteiger partial charge in [-0.3, -0.25) is 0 Å². The molecule has 0 saturated carbocycles. The zero-order valence-corrected chi connectivity index (χ0v) is 10.7. The van der Waals surface area contributed by atoms with Crippen molar-refractivity contribution in [3.63, 3.8) is 0 Å². The van der Waals surface area contributed by atoms with Gasteiger partial charge in [-0.25, -0.2) is 13.6 Å². The molecule has 15 heavy (non-hydrogen) atoms. The molecule has 6 heteroatoms. The molecule has 1 aromatic rings. The van der Waals surface area contributed by atoms with E-state index in [1.807, 2.05) is 6.92 Å². The zero-order valence-electron chi connectivity index (χ0n) is 8.33. The molecule has 0 aliphatic rings. The summed E-state index contributed by atoms with van der Waals surface area (Å²) >= 11 is 3.19. The van der Waals surface area contributed by atoms with Crippen LogP contribution in [0.1, 0.15) is 12.5 Å². The van der Waals surface area contributed by atoms with Crippen LogP contribution in [0.4, 0.5) is 0 Å². The van der Waals surface area contributed by atoms with Crippen molar-refractivity contribution < 1.29 is 8.42 Å². The van der Waals surface area contributed by atoms with Gasteiger partial charge in [-0.05, 0) is 40.2 Å². The summed E-state index contributed by atoms with van der Waals surface area (Å²) < 4.78 is 22.7. The highest BCUT2D eigenvalue weighted by Crippen LogP contribution is 2.21. The fourth-order valence-electron chi connectivity index (χ4n) is 1.15. The van der Waals surface area contributed by atoms with Crippen LogP contribution < -0.4 is 10.5 Å². The highest BCUT2D eigenvalue weighted by Gasteiger charge is 2.12. The lowest BCUT2D eigenvalue weighted by molar-refractivity contribution is 0.597. The molecule has 0 bridgehead atoms. The first-order valence-corrected chi connectivity index (χ1v) is 6.81. The lowest BCUT2D eigenvalue weighted by Crippen LogP contribution is -2.14. The molecule has 0 amide bonds. The largest absolute Gasteiger partial charge is 0.313 e. The summed E-state index contributed by atoms with van der Waals surface area (Å²) in [5.41, 5.74) is 1.01. The van der Waals surface area contributed by atoms with Crippen molar-refractivity contribution in [2.45, 2.75) is 18.4 Å². The average molecular weight is 293 g/mol. The van der Waals surface area contributed by atoms with Crippen molar-refractivity contribution in [3.8, 4) is 0 Å². The maximum absolute atomic E-state index is 11.1. The number of hydrogen-bond acceptors (Lipinski definition) is 3. The summed E-state index contributed by atoms with van der Waals surface area (Å²) in [4.78, 5) is 0.114. The molecule has 0 atom stereocenters. The van der Waals surface area contributed by atoms with Crippen molar-refractivity contribution in [1.29, 1.82) is 0 Å². The molecule has 84 valence electrons. The Morgan fingerprint density at radius 2 is 2.13 bits per heavy atom. The summed E-state index contributed by atoms with van der Waals surface area (Å²) in [7, 11) is -3.64. The van der Waals surface area contributed by atoms with Crippen LogP contribution in [-0.4, -0.2) is 15.0 Å². The number of primary sulfonamides is 1. The Bertz CT molecular complexity index is 445. The van der Waals surface area contributed by atoms with E-state index in [0.717, 1.165) is 12.1 Å². The number of hydrogen-bond donors (Lipinski definition) is 2. The fourth-order valence-corrected chi connectivity index (χ4v) is 2.85. The molecule has 3 N–H and O–H groups in total. The topological polar surface area (TPSA) is 72.2 Å². The highest BCUT2D eigenvalue weighted by molar-refractivity contribution is 9.10. The second-order valence-electron chi connectivity index (χ2n) is 3.09. The van der Waals surface area contributed by atoms with Crippen LogP contribution in [0, 0.1) is 0 Å². The van der Waals surface area contributed by atoms with E-state index in [-0.39, 0.29) is 4.90 Å². The monoisotopic (exact) mass is 292 g/mol. The Hall–Kier alpha value is -0.430. The normalized spacial score (nSPS) is 11.7. The first kappa shape index (κ1) is 12.6. The number of sulfonamides is 1. The second kappa shape index (κ2) is 5.07. The first-order chi connectivity index (χ1) is 6.95. The van der Waals surface area contributed by atoms with Gasteiger partial charge in [-0.2, -0.15) is 0 Å². The second-order valence-corrected chi connectivity index (χ2v) is 5.47. The standard InChI is InChI=1S/C9H13BrN2O2S/c1-2-12-6-7-3-4-9(8(10)5-7)15(11,13)14/h3-5,12H,2,6H2,1H3,(H2,11,13,14). The maximum Gasteiger partial charge on any atom is 0.239 e. The Morgan fingerprint density at radius 3 is 2.60 bits per heavy atom. The molecule has 0 fully saturated rings. The molecule has 0 spiro atoms. The fraction of sp³-hybridized carbons (Fsp3) is 0.333. The maximum atomic E-state index is 11.1. The molecule has 0 radical (unpaired) electrons. The summed E-state index contributed by atoms with van der Waals surface area (Å²) in [5, 5.41) is 8.18. The minimum atomic E-state index is -3.64. The Kier molecular flexibility index (Phi) is 4.27. The number of halogens is 1. The van der Waals surface area contributed by atoms with Crippen molar-refractivity contribution >= 4 is 26.0 Å². The molecule has 0 saturated heterocycles. The van der Waals surface area contributed by atoms with Crippen molar-refractivity contribution in [2.24, 2.45) is 5.14 Å². The Labute approximate surface area is 98.0 Å². The Morgan fingerprint density at radius 1 is 1.47 bits per heavy atom. The van der Waals surface area contributed by atoms with Crippen LogP contribution in [0.2, 0.25) is 0 Å². The predicted molar refractivity (Wildman–Crippen MR) is 62.9 cm³/mol. The van der Waals surface area contributed by atoms with E-state index in [0.29, 0.717) is 11.0 Å². The van der Waals surface area contributed by atoms with Gasteiger partial charge in [0.25, 0.3) is 0 Å². The molecule has 0 aliphatic heterocycles. The third-order valence-corrected chi connectivity index (χ3v) is 3.77. The molecule has 0 heterocycles. The van der Waals surface area contributed by atoms with Crippen LogP contribution >= 0.6 is 15.9 Å². The summed E-state index contributed by atoms with van der Waals surface area (Å²) in [6.07, 6.45) is 0. The van der Waals surface area contributed by atoms with Crippen LogP contribution in [0.25, 0.3) is 0 Å². The summed E-state index contributed by atoms with van der Waals surface area (Å²) in [5.74, 6) is 0. The minimum Gasteiger partial charge on any atom is -0.313 e. The molecule has 0 aromatic heterocycles.